The molecule has 0 unspecified atom stereocenters. The highest BCUT2D eigenvalue weighted by Crippen LogP contribution is 2.24. The fraction of sp³-hybridized carbons (Fsp3) is 0.462. The van der Waals surface area contributed by atoms with E-state index >= 15 is 0 Å². The molecule has 1 aromatic rings. The number of halogens is 2. The molecule has 0 aliphatic carbocycles. The molecule has 0 heterocycles. The van der Waals surface area contributed by atoms with Crippen LogP contribution in [0.3, 0.4) is 0 Å². The molecule has 0 spiro atoms. The molecule has 21 heavy (non-hydrogen) atoms. The first-order valence-electron chi connectivity index (χ1n) is 6.25. The van der Waals surface area contributed by atoms with Crippen molar-refractivity contribution in [2.24, 2.45) is 0 Å². The molecule has 118 valence electrons. The summed E-state index contributed by atoms with van der Waals surface area (Å²) >= 11 is 0. The van der Waals surface area contributed by atoms with Crippen LogP contribution in [0.15, 0.2) is 17.0 Å². The van der Waals surface area contributed by atoms with E-state index in [9.17, 15) is 17.6 Å². The minimum Gasteiger partial charge on any atom is -0.383 e. The Labute approximate surface area is 128 Å². The van der Waals surface area contributed by atoms with Gasteiger partial charge in [-0.1, -0.05) is 0 Å². The maximum Gasteiger partial charge on any atom is 0.261 e. The highest BCUT2D eigenvalue weighted by atomic mass is 35.7. The smallest absolute Gasteiger partial charge is 0.261 e. The van der Waals surface area contributed by atoms with Crippen molar-refractivity contribution >= 4 is 25.6 Å². The molecule has 0 aromatic heterocycles. The van der Waals surface area contributed by atoms with Gasteiger partial charge in [0.25, 0.3) is 15.0 Å². The van der Waals surface area contributed by atoms with Gasteiger partial charge in [0.2, 0.25) is 0 Å². The lowest BCUT2D eigenvalue weighted by atomic mass is 10.1. The Morgan fingerprint density at radius 3 is 2.52 bits per heavy atom. The number of nitrogens with zero attached hydrogens (tertiary/aromatic N) is 1. The predicted octanol–water partition coefficient (Wildman–Crippen LogP) is 2.17. The Morgan fingerprint density at radius 1 is 1.43 bits per heavy atom. The number of benzene rings is 1. The quantitative estimate of drug-likeness (QED) is 0.746. The summed E-state index contributed by atoms with van der Waals surface area (Å²) in [7, 11) is 2.65. The second-order valence-electron chi connectivity index (χ2n) is 4.40. The van der Waals surface area contributed by atoms with Gasteiger partial charge in [-0.25, -0.2) is 12.8 Å². The second kappa shape index (κ2) is 7.20. The molecule has 0 fully saturated rings. The number of amides is 1. The third-order valence-electron chi connectivity index (χ3n) is 3.04. The zero-order valence-electron chi connectivity index (χ0n) is 12.0. The van der Waals surface area contributed by atoms with Gasteiger partial charge < -0.3 is 9.64 Å². The Bertz CT molecular complexity index is 633. The van der Waals surface area contributed by atoms with Gasteiger partial charge in [-0.3, -0.25) is 4.79 Å². The average Bonchev–Trinajstić information content (AvgIpc) is 2.40. The van der Waals surface area contributed by atoms with Crippen LogP contribution in [0.2, 0.25) is 0 Å². The van der Waals surface area contributed by atoms with Crippen LogP contribution in [0.4, 0.5) is 4.39 Å². The minimum absolute atomic E-state index is 0.0599. The van der Waals surface area contributed by atoms with E-state index < -0.39 is 25.7 Å². The topological polar surface area (TPSA) is 63.7 Å². The third-order valence-corrected chi connectivity index (χ3v) is 4.49. The summed E-state index contributed by atoms with van der Waals surface area (Å²) in [6, 6.07) is 2.11. The molecule has 0 saturated carbocycles. The van der Waals surface area contributed by atoms with Gasteiger partial charge in [0.1, 0.15) is 5.82 Å². The number of methoxy groups -OCH3 is 1. The zero-order valence-corrected chi connectivity index (χ0v) is 13.6. The van der Waals surface area contributed by atoms with Crippen LogP contribution in [0.1, 0.15) is 22.8 Å². The van der Waals surface area contributed by atoms with Crippen molar-refractivity contribution in [3.05, 3.63) is 29.1 Å². The van der Waals surface area contributed by atoms with Crippen molar-refractivity contribution in [3.63, 3.8) is 0 Å². The molecule has 0 aliphatic rings. The van der Waals surface area contributed by atoms with Crippen molar-refractivity contribution < 1.29 is 22.3 Å². The van der Waals surface area contributed by atoms with E-state index in [2.05, 4.69) is 0 Å². The molecular weight excluding hydrogens is 321 g/mol. The maximum absolute atomic E-state index is 13.8. The fourth-order valence-corrected chi connectivity index (χ4v) is 3.03. The molecule has 5 nitrogen and oxygen atoms in total. The second-order valence-corrected chi connectivity index (χ2v) is 6.93. The Balaban J connectivity index is 3.25. The van der Waals surface area contributed by atoms with Crippen LogP contribution in [0, 0.1) is 12.7 Å². The average molecular weight is 338 g/mol. The summed E-state index contributed by atoms with van der Waals surface area (Å²) < 4.78 is 41.6. The van der Waals surface area contributed by atoms with Crippen molar-refractivity contribution in [1.82, 2.24) is 4.90 Å². The van der Waals surface area contributed by atoms with E-state index in [0.717, 1.165) is 12.1 Å². The first-order chi connectivity index (χ1) is 9.72. The molecule has 0 radical (unpaired) electrons. The van der Waals surface area contributed by atoms with Crippen LogP contribution in [0.25, 0.3) is 0 Å². The summed E-state index contributed by atoms with van der Waals surface area (Å²) in [5, 5.41) is 0. The number of hydrogen-bond acceptors (Lipinski definition) is 4. The molecule has 0 saturated heterocycles. The van der Waals surface area contributed by atoms with Crippen molar-refractivity contribution in [3.8, 4) is 0 Å². The van der Waals surface area contributed by atoms with E-state index in [0.29, 0.717) is 19.7 Å². The van der Waals surface area contributed by atoms with Crippen LogP contribution in [-0.2, 0) is 13.8 Å². The predicted molar refractivity (Wildman–Crippen MR) is 77.6 cm³/mol. The van der Waals surface area contributed by atoms with E-state index in [1.807, 2.05) is 0 Å². The van der Waals surface area contributed by atoms with E-state index in [4.69, 9.17) is 15.4 Å². The molecular formula is C13H17ClFNO4S. The van der Waals surface area contributed by atoms with E-state index in [1.165, 1.54) is 18.9 Å². The molecule has 8 heteroatoms. The number of likely N-dealkylation sites (N-methyl/N-ethyl adjacent to an activating group) is 1. The summed E-state index contributed by atoms with van der Waals surface area (Å²) in [4.78, 5) is 13.3. The van der Waals surface area contributed by atoms with Crippen molar-refractivity contribution in [2.75, 3.05) is 26.8 Å². The standard InChI is InChI=1S/C13H17ClFNO4S/c1-4-16(5-6-20-3)13(17)10-7-11(15)9(2)12(8-10)21(14,18)19/h7-8H,4-6H2,1-3H3. The Kier molecular flexibility index (Phi) is 6.12. The number of carbonyl (C=O) groups excluding carboxylic acids is 1. The van der Waals surface area contributed by atoms with Gasteiger partial charge in [-0.2, -0.15) is 0 Å². The molecule has 0 aliphatic heterocycles. The Hall–Kier alpha value is -1.18. The SMILES string of the molecule is CCN(CCOC)C(=O)c1cc(F)c(C)c(S(=O)(=O)Cl)c1. The largest absolute Gasteiger partial charge is 0.383 e. The highest BCUT2D eigenvalue weighted by Gasteiger charge is 2.22. The van der Waals surface area contributed by atoms with Crippen molar-refractivity contribution in [2.45, 2.75) is 18.7 Å². The van der Waals surface area contributed by atoms with E-state index in [1.54, 1.807) is 6.92 Å². The molecule has 1 amide bonds. The molecule has 0 bridgehead atoms. The van der Waals surface area contributed by atoms with Gasteiger partial charge in [-0.05, 0) is 26.0 Å². The van der Waals surface area contributed by atoms with Crippen LogP contribution < -0.4 is 0 Å². The van der Waals surface area contributed by atoms with Crippen LogP contribution >= 0.6 is 10.7 Å². The zero-order chi connectivity index (χ0) is 16.2. The van der Waals surface area contributed by atoms with E-state index in [-0.39, 0.29) is 11.1 Å². The van der Waals surface area contributed by atoms with Gasteiger partial charge >= 0.3 is 0 Å². The lowest BCUT2D eigenvalue weighted by Crippen LogP contribution is -2.33. The summed E-state index contributed by atoms with van der Waals surface area (Å²) in [5.74, 6) is -1.27. The third kappa shape index (κ3) is 4.39. The number of hydrogen-bond donors (Lipinski definition) is 0. The maximum atomic E-state index is 13.8. The summed E-state index contributed by atoms with van der Waals surface area (Å²) in [5.41, 5.74) is -0.170. The normalized spacial score (nSPS) is 11.5. The Morgan fingerprint density at radius 2 is 2.05 bits per heavy atom. The van der Waals surface area contributed by atoms with Gasteiger partial charge in [0, 0.05) is 42.0 Å². The van der Waals surface area contributed by atoms with Crippen LogP contribution in [0.5, 0.6) is 0 Å². The molecule has 0 atom stereocenters. The highest BCUT2D eigenvalue weighted by molar-refractivity contribution is 8.13. The van der Waals surface area contributed by atoms with Gasteiger partial charge in [0.05, 0.1) is 11.5 Å². The van der Waals surface area contributed by atoms with Crippen molar-refractivity contribution in [1.29, 1.82) is 0 Å². The number of ether oxygens (including phenoxy) is 1. The van der Waals surface area contributed by atoms with Gasteiger partial charge in [-0.15, -0.1) is 0 Å². The summed E-state index contributed by atoms with van der Waals surface area (Å²) in [6.07, 6.45) is 0. The monoisotopic (exact) mass is 337 g/mol. The number of carbonyl (C=O) groups is 1. The van der Waals surface area contributed by atoms with Gasteiger partial charge in [0.15, 0.2) is 0 Å². The lowest BCUT2D eigenvalue weighted by Gasteiger charge is -2.21. The first-order valence-corrected chi connectivity index (χ1v) is 8.56. The molecule has 1 rings (SSSR count). The van der Waals surface area contributed by atoms with Crippen LogP contribution in [-0.4, -0.2) is 46.0 Å². The minimum atomic E-state index is -4.12. The molecule has 0 N–H and O–H groups in total. The molecule has 1 aromatic carbocycles. The number of rotatable bonds is 6. The first kappa shape index (κ1) is 17.9. The summed E-state index contributed by atoms with van der Waals surface area (Å²) in [6.45, 7) is 4.10. The fourth-order valence-electron chi connectivity index (χ4n) is 1.82. The lowest BCUT2D eigenvalue weighted by molar-refractivity contribution is 0.0705.